The van der Waals surface area contributed by atoms with Crippen LogP contribution in [0.3, 0.4) is 0 Å². The van der Waals surface area contributed by atoms with Crippen LogP contribution in [0.5, 0.6) is 0 Å². The average Bonchev–Trinajstić information content (AvgIpc) is 4.11. The van der Waals surface area contributed by atoms with E-state index in [2.05, 4.69) is 209 Å². The summed E-state index contributed by atoms with van der Waals surface area (Å²) in [6.45, 7) is 54.7. The first-order valence-corrected chi connectivity index (χ1v) is 28.9. The van der Waals surface area contributed by atoms with Gasteiger partial charge in [0.2, 0.25) is 5.91 Å². The van der Waals surface area contributed by atoms with Crippen LogP contribution in [0.4, 0.5) is 0 Å². The molecule has 1 amide bonds. The van der Waals surface area contributed by atoms with Gasteiger partial charge < -0.3 is 5.32 Å². The maximum Gasteiger partial charge on any atom is 0.222 e. The largest absolute Gasteiger partial charge is 0.359 e. The third-order valence-electron chi connectivity index (χ3n) is 9.92. The molecule has 4 aromatic heterocycles. The van der Waals surface area contributed by atoms with Crippen molar-refractivity contribution in [3.05, 3.63) is 105 Å². The van der Waals surface area contributed by atoms with E-state index in [0.717, 1.165) is 35.3 Å². The van der Waals surface area contributed by atoms with E-state index in [1.54, 1.807) is 18.4 Å². The number of pyridine rings is 2. The second-order valence-corrected chi connectivity index (χ2v) is 24.4. The summed E-state index contributed by atoms with van der Waals surface area (Å²) in [6.07, 6.45) is 15.3. The van der Waals surface area contributed by atoms with E-state index >= 15 is 0 Å². The molecular weight excluding hydrogens is 879 g/mol. The van der Waals surface area contributed by atoms with Crippen LogP contribution in [-0.2, 0) is 4.79 Å². The summed E-state index contributed by atoms with van der Waals surface area (Å²) in [5, 5.41) is 8.97. The van der Waals surface area contributed by atoms with E-state index < -0.39 is 0 Å². The molecule has 6 heteroatoms. The lowest BCUT2D eigenvalue weighted by Gasteiger charge is -2.19. The minimum atomic E-state index is 0.0972. The number of rotatable bonds is 8. The maximum absolute atomic E-state index is 10.4. The fourth-order valence-electron chi connectivity index (χ4n) is 5.83. The van der Waals surface area contributed by atoms with Crippen molar-refractivity contribution in [1.29, 1.82) is 0 Å². The predicted molar refractivity (Wildman–Crippen MR) is 320 cm³/mol. The van der Waals surface area contributed by atoms with E-state index in [1.165, 1.54) is 60.9 Å². The Morgan fingerprint density at radius 1 is 0.638 bits per heavy atom. The Labute approximate surface area is 441 Å². The van der Waals surface area contributed by atoms with Gasteiger partial charge in [0.25, 0.3) is 0 Å². The molecule has 1 aliphatic carbocycles. The fraction of sp³-hybridized carbons (Fsp3) is 0.698. The molecule has 0 aromatic carbocycles. The number of thiophene rings is 2. The van der Waals surface area contributed by atoms with Crippen LogP contribution in [0.25, 0.3) is 0 Å². The van der Waals surface area contributed by atoms with Gasteiger partial charge in [0.1, 0.15) is 0 Å². The topological polar surface area (TPSA) is 54.9 Å². The zero-order valence-electron chi connectivity index (χ0n) is 50.4. The van der Waals surface area contributed by atoms with Crippen LogP contribution in [0.15, 0.2) is 83.3 Å². The summed E-state index contributed by atoms with van der Waals surface area (Å²) in [5.74, 6) is 7.35. The number of carbonyl (C=O) groups excluding carboxylic acids is 1. The molecule has 0 aliphatic heterocycles. The normalized spacial score (nSPS) is 11.6. The third kappa shape index (κ3) is 57.6. The predicted octanol–water partition coefficient (Wildman–Crippen LogP) is 21.6. The summed E-state index contributed by atoms with van der Waals surface area (Å²) in [5.41, 5.74) is 4.49. The standard InChI is InChI=1S/2C8H11N.C8H16.C8H18.2C7H10S.C5H11NO.C5H12.C4H10.C3H8/c1-7(2)8-3-5-9-6-4-8;1-7(2)8-5-3-4-6-9-8;1-7(2)8-5-3-4-6-8;1-7(2)6-8(3,4)5;1-6(2)7-3-4-8-5-7;1-6(2)7-4-3-5-8-7;1-4(2)5(7)6-3;1-4-5(2)3;1-4(2)3;1-3-2/h2*3-7H,1-2H3;7-8H,3-6H2,1-2H3;7H,6H2,1-5H3;2*3-6H,1-2H3;4H,1-3H3,(H,6,7);5H,4H2,1-3H3;4H,1-3H3;3H2,1-2H3. The van der Waals surface area contributed by atoms with Gasteiger partial charge in [0.15, 0.2) is 0 Å². The van der Waals surface area contributed by atoms with Crippen molar-refractivity contribution >= 4 is 28.6 Å². The highest BCUT2D eigenvalue weighted by Crippen LogP contribution is 2.30. The van der Waals surface area contributed by atoms with Gasteiger partial charge in [-0.3, -0.25) is 14.8 Å². The van der Waals surface area contributed by atoms with E-state index in [0.29, 0.717) is 29.1 Å². The second-order valence-electron chi connectivity index (χ2n) is 22.7. The SMILES string of the molecule is CC(C)C.CC(C)C1CCCC1.CC(C)CC(C)(C)C.CC(C)c1ccccn1.CC(C)c1cccs1.CC(C)c1ccncc1.CC(C)c1ccsc1.CCC.CCC(C)C.CNC(=O)C(C)C. The van der Waals surface area contributed by atoms with Crippen molar-refractivity contribution in [2.75, 3.05) is 7.05 Å². The highest BCUT2D eigenvalue weighted by atomic mass is 32.1. The van der Waals surface area contributed by atoms with Crippen molar-refractivity contribution in [2.45, 2.75) is 242 Å². The Kier molecular flexibility index (Phi) is 53.1. The highest BCUT2D eigenvalue weighted by molar-refractivity contribution is 7.10. The van der Waals surface area contributed by atoms with Crippen LogP contribution < -0.4 is 5.32 Å². The Balaban J connectivity index is -0.000000223. The molecule has 0 atom stereocenters. The highest BCUT2D eigenvalue weighted by Gasteiger charge is 2.17. The molecule has 1 saturated carbocycles. The van der Waals surface area contributed by atoms with Gasteiger partial charge in [-0.15, -0.1) is 11.3 Å². The summed E-state index contributed by atoms with van der Waals surface area (Å²) < 4.78 is 0. The summed E-state index contributed by atoms with van der Waals surface area (Å²) in [6, 6.07) is 16.5. The van der Waals surface area contributed by atoms with Crippen LogP contribution in [0, 0.1) is 40.9 Å². The Morgan fingerprint density at radius 3 is 1.30 bits per heavy atom. The number of carbonyl (C=O) groups is 1. The lowest BCUT2D eigenvalue weighted by Crippen LogP contribution is -2.22. The van der Waals surface area contributed by atoms with Gasteiger partial charge in [-0.25, -0.2) is 0 Å². The van der Waals surface area contributed by atoms with E-state index in [4.69, 9.17) is 0 Å². The molecule has 0 spiro atoms. The summed E-state index contributed by atoms with van der Waals surface area (Å²) in [4.78, 5) is 20.0. The zero-order chi connectivity index (χ0) is 54.5. The number of nitrogens with zero attached hydrogens (tertiary/aromatic N) is 2. The molecule has 0 radical (unpaired) electrons. The summed E-state index contributed by atoms with van der Waals surface area (Å²) in [7, 11) is 1.64. The molecule has 1 aliphatic rings. The first-order valence-electron chi connectivity index (χ1n) is 27.1. The Bertz CT molecular complexity index is 1460. The maximum atomic E-state index is 10.4. The van der Waals surface area contributed by atoms with Gasteiger partial charge in [-0.1, -0.05) is 224 Å². The quantitative estimate of drug-likeness (QED) is 0.191. The Hall–Kier alpha value is -2.83. The van der Waals surface area contributed by atoms with Gasteiger partial charge in [-0.2, -0.15) is 11.3 Å². The molecule has 1 fully saturated rings. The van der Waals surface area contributed by atoms with Crippen molar-refractivity contribution < 1.29 is 4.79 Å². The average molecular weight is 997 g/mol. The molecule has 1 N–H and O–H groups in total. The minimum Gasteiger partial charge on any atom is -0.359 e. The smallest absolute Gasteiger partial charge is 0.222 e. The zero-order valence-corrected chi connectivity index (χ0v) is 52.1. The fourth-order valence-corrected chi connectivity index (χ4v) is 7.39. The van der Waals surface area contributed by atoms with Crippen LogP contribution >= 0.6 is 22.7 Å². The van der Waals surface area contributed by atoms with Gasteiger partial charge >= 0.3 is 0 Å². The number of hydrogen-bond acceptors (Lipinski definition) is 5. The molecule has 4 aromatic rings. The molecule has 0 unspecified atom stereocenters. The molecular formula is C63H117N3OS2. The molecule has 5 rings (SSSR count). The third-order valence-corrected chi connectivity index (χ3v) is 11.8. The molecule has 0 saturated heterocycles. The second kappa shape index (κ2) is 48.8. The monoisotopic (exact) mass is 996 g/mol. The van der Waals surface area contributed by atoms with E-state index in [-0.39, 0.29) is 11.8 Å². The number of hydrogen-bond donors (Lipinski definition) is 1. The van der Waals surface area contributed by atoms with Gasteiger partial charge in [0, 0.05) is 42.1 Å². The lowest BCUT2D eigenvalue weighted by molar-refractivity contribution is -0.123. The molecule has 0 bridgehead atoms. The number of aromatic nitrogens is 2. The van der Waals surface area contributed by atoms with E-state index in [1.807, 2.05) is 74.1 Å². The van der Waals surface area contributed by atoms with Crippen LogP contribution in [0.1, 0.15) is 263 Å². The van der Waals surface area contributed by atoms with Gasteiger partial charge in [-0.05, 0) is 129 Å². The van der Waals surface area contributed by atoms with Crippen molar-refractivity contribution in [1.82, 2.24) is 15.3 Å². The molecule has 4 nitrogen and oxygen atoms in total. The first kappa shape index (κ1) is 75.1. The molecule has 69 heavy (non-hydrogen) atoms. The van der Waals surface area contributed by atoms with Crippen molar-refractivity contribution in [3.63, 3.8) is 0 Å². The lowest BCUT2D eigenvalue weighted by atomic mass is 9.86. The van der Waals surface area contributed by atoms with Crippen LogP contribution in [-0.4, -0.2) is 22.9 Å². The van der Waals surface area contributed by atoms with Gasteiger partial charge in [0.05, 0.1) is 0 Å². The van der Waals surface area contributed by atoms with Crippen molar-refractivity contribution in [3.8, 4) is 0 Å². The molecule has 4 heterocycles. The number of amides is 1. The van der Waals surface area contributed by atoms with Crippen LogP contribution in [0.2, 0.25) is 0 Å². The Morgan fingerprint density at radius 2 is 1.13 bits per heavy atom. The minimum absolute atomic E-state index is 0.0972. The molecule has 402 valence electrons. The van der Waals surface area contributed by atoms with Crippen molar-refractivity contribution in [2.24, 2.45) is 40.9 Å². The van der Waals surface area contributed by atoms with E-state index in [9.17, 15) is 4.79 Å². The summed E-state index contributed by atoms with van der Waals surface area (Å²) >= 11 is 3.60. The number of nitrogens with one attached hydrogen (secondary N) is 1. The first-order chi connectivity index (χ1) is 32.0.